The van der Waals surface area contributed by atoms with E-state index in [0.717, 1.165) is 0 Å². The lowest BCUT2D eigenvalue weighted by Crippen LogP contribution is -2.17. The van der Waals surface area contributed by atoms with Crippen molar-refractivity contribution < 1.29 is 23.9 Å². The highest BCUT2D eigenvalue weighted by molar-refractivity contribution is 6.02. The van der Waals surface area contributed by atoms with Gasteiger partial charge in [-0.3, -0.25) is 9.59 Å². The van der Waals surface area contributed by atoms with Gasteiger partial charge in [0.15, 0.2) is 6.61 Å². The molecule has 1 amide bonds. The van der Waals surface area contributed by atoms with Gasteiger partial charge in [-0.25, -0.2) is 4.79 Å². The van der Waals surface area contributed by atoms with Gasteiger partial charge in [0.2, 0.25) is 5.78 Å². The molecule has 0 aliphatic carbocycles. The lowest BCUT2D eigenvalue weighted by atomic mass is 10.1. The fourth-order valence-electron chi connectivity index (χ4n) is 2.51. The Bertz CT molecular complexity index is 806. The number of ether oxygens (including phenoxy) is 2. The predicted octanol–water partition coefficient (Wildman–Crippen LogP) is 2.04. The normalized spacial score (nSPS) is 10.2. The van der Waals surface area contributed by atoms with Crippen molar-refractivity contribution in [2.24, 2.45) is 0 Å². The van der Waals surface area contributed by atoms with Crippen molar-refractivity contribution in [2.75, 3.05) is 20.8 Å². The van der Waals surface area contributed by atoms with E-state index in [0.29, 0.717) is 33.8 Å². The number of Topliss-reactive ketones (excluding diaryl/α,β-unsaturated/α-hetero) is 1. The molecule has 0 atom stereocenters. The number of carbonyl (C=O) groups is 3. The molecule has 25 heavy (non-hydrogen) atoms. The summed E-state index contributed by atoms with van der Waals surface area (Å²) in [5.41, 5.74) is 2.29. The molecular weight excluding hydrogens is 324 g/mol. The molecule has 1 aromatic carbocycles. The van der Waals surface area contributed by atoms with Crippen molar-refractivity contribution in [2.45, 2.75) is 13.8 Å². The number of esters is 1. The molecule has 0 aliphatic rings. The van der Waals surface area contributed by atoms with Crippen molar-refractivity contribution in [1.82, 2.24) is 10.3 Å². The molecule has 0 fully saturated rings. The molecule has 0 unspecified atom stereocenters. The maximum Gasteiger partial charge on any atom is 0.339 e. The Balaban J connectivity index is 2.08. The minimum atomic E-state index is -0.490. The highest BCUT2D eigenvalue weighted by Gasteiger charge is 2.22. The molecule has 7 heteroatoms. The molecule has 1 heterocycles. The number of aromatic nitrogens is 1. The van der Waals surface area contributed by atoms with Crippen molar-refractivity contribution in [3.8, 4) is 5.75 Å². The number of H-pyrrole nitrogens is 1. The number of aryl methyl sites for hydroxylation is 1. The first-order chi connectivity index (χ1) is 11.9. The Kier molecular flexibility index (Phi) is 5.59. The Labute approximate surface area is 145 Å². The number of benzene rings is 1. The molecular formula is C18H20N2O5. The highest BCUT2D eigenvalue weighted by Crippen LogP contribution is 2.20. The molecule has 0 radical (unpaired) electrons. The maximum atomic E-state index is 12.4. The van der Waals surface area contributed by atoms with Crippen LogP contribution in [0.25, 0.3) is 0 Å². The molecule has 0 spiro atoms. The van der Waals surface area contributed by atoms with Gasteiger partial charge in [0.25, 0.3) is 5.91 Å². The largest absolute Gasteiger partial charge is 0.485 e. The summed E-state index contributed by atoms with van der Waals surface area (Å²) in [4.78, 5) is 38.5. The van der Waals surface area contributed by atoms with Gasteiger partial charge < -0.3 is 19.8 Å². The molecule has 2 N–H and O–H groups in total. The minimum Gasteiger partial charge on any atom is -0.485 e. The van der Waals surface area contributed by atoms with E-state index in [9.17, 15) is 14.4 Å². The van der Waals surface area contributed by atoms with E-state index >= 15 is 0 Å². The van der Waals surface area contributed by atoms with Crippen LogP contribution in [0.4, 0.5) is 0 Å². The first-order valence-electron chi connectivity index (χ1n) is 7.64. The number of ketones is 1. The Morgan fingerprint density at radius 3 is 2.32 bits per heavy atom. The van der Waals surface area contributed by atoms with Gasteiger partial charge in [0.05, 0.1) is 18.4 Å². The van der Waals surface area contributed by atoms with E-state index in [1.807, 2.05) is 0 Å². The zero-order chi connectivity index (χ0) is 18.6. The monoisotopic (exact) mass is 344 g/mol. The summed E-state index contributed by atoms with van der Waals surface area (Å²) in [5.74, 6) is -0.507. The van der Waals surface area contributed by atoms with E-state index in [2.05, 4.69) is 10.3 Å². The van der Waals surface area contributed by atoms with Crippen LogP contribution in [0.3, 0.4) is 0 Å². The lowest BCUT2D eigenvalue weighted by molar-refractivity contribution is 0.0599. The lowest BCUT2D eigenvalue weighted by Gasteiger charge is -2.06. The topological polar surface area (TPSA) is 97.5 Å². The van der Waals surface area contributed by atoms with E-state index in [1.54, 1.807) is 45.2 Å². The van der Waals surface area contributed by atoms with Gasteiger partial charge in [-0.05, 0) is 43.7 Å². The molecule has 132 valence electrons. The summed E-state index contributed by atoms with van der Waals surface area (Å²) >= 11 is 0. The number of nitrogens with one attached hydrogen (secondary N) is 2. The molecule has 1 aromatic heterocycles. The molecule has 0 saturated carbocycles. The fraction of sp³-hybridized carbons (Fsp3) is 0.278. The Hall–Kier alpha value is -3.09. The van der Waals surface area contributed by atoms with E-state index in [4.69, 9.17) is 9.47 Å². The van der Waals surface area contributed by atoms with Crippen LogP contribution in [0.5, 0.6) is 5.75 Å². The fourth-order valence-corrected chi connectivity index (χ4v) is 2.51. The third kappa shape index (κ3) is 3.88. The number of hydrogen-bond acceptors (Lipinski definition) is 5. The van der Waals surface area contributed by atoms with Crippen LogP contribution in [0, 0.1) is 13.8 Å². The van der Waals surface area contributed by atoms with Gasteiger partial charge in [0, 0.05) is 18.3 Å². The zero-order valence-corrected chi connectivity index (χ0v) is 14.6. The molecule has 0 bridgehead atoms. The van der Waals surface area contributed by atoms with E-state index in [1.165, 1.54) is 7.11 Å². The maximum absolute atomic E-state index is 12.4. The summed E-state index contributed by atoms with van der Waals surface area (Å²) in [6, 6.07) is 6.45. The van der Waals surface area contributed by atoms with Crippen molar-refractivity contribution in [1.29, 1.82) is 0 Å². The number of rotatable bonds is 6. The number of hydrogen-bond donors (Lipinski definition) is 2. The number of amides is 1. The highest BCUT2D eigenvalue weighted by atomic mass is 16.5. The third-order valence-corrected chi connectivity index (χ3v) is 3.82. The van der Waals surface area contributed by atoms with Crippen LogP contribution < -0.4 is 10.1 Å². The number of carbonyl (C=O) groups excluding carboxylic acids is 3. The van der Waals surface area contributed by atoms with Gasteiger partial charge in [-0.1, -0.05) is 0 Å². The van der Waals surface area contributed by atoms with Crippen LogP contribution in [-0.4, -0.2) is 43.4 Å². The molecule has 2 aromatic rings. The summed E-state index contributed by atoms with van der Waals surface area (Å²) in [6.07, 6.45) is 0. The summed E-state index contributed by atoms with van der Waals surface area (Å²) in [7, 11) is 2.84. The Morgan fingerprint density at radius 1 is 1.12 bits per heavy atom. The van der Waals surface area contributed by atoms with E-state index in [-0.39, 0.29) is 18.3 Å². The first kappa shape index (κ1) is 18.3. The standard InChI is InChI=1S/C18H20N2O5/c1-10-15(18(23)24-4)11(2)20-16(10)14(21)9-25-13-7-5-12(6-8-13)17(22)19-3/h5-8,20H,9H2,1-4H3,(H,19,22). The number of aromatic amines is 1. The number of methoxy groups -OCH3 is 1. The molecule has 0 saturated heterocycles. The Morgan fingerprint density at radius 2 is 1.76 bits per heavy atom. The van der Waals surface area contributed by atoms with Crippen LogP contribution in [0.1, 0.15) is 42.5 Å². The second-order valence-electron chi connectivity index (χ2n) is 5.43. The van der Waals surface area contributed by atoms with Crippen molar-refractivity contribution >= 4 is 17.7 Å². The van der Waals surface area contributed by atoms with E-state index < -0.39 is 5.97 Å². The second-order valence-corrected chi connectivity index (χ2v) is 5.43. The minimum absolute atomic E-state index is 0.194. The van der Waals surface area contributed by atoms with Gasteiger partial charge in [-0.2, -0.15) is 0 Å². The van der Waals surface area contributed by atoms with Gasteiger partial charge in [-0.15, -0.1) is 0 Å². The van der Waals surface area contributed by atoms with Crippen LogP contribution in [-0.2, 0) is 4.74 Å². The smallest absolute Gasteiger partial charge is 0.339 e. The quantitative estimate of drug-likeness (QED) is 0.617. The van der Waals surface area contributed by atoms with Crippen LogP contribution >= 0.6 is 0 Å². The summed E-state index contributed by atoms with van der Waals surface area (Å²) in [6.45, 7) is 3.19. The molecule has 0 aliphatic heterocycles. The first-order valence-corrected chi connectivity index (χ1v) is 7.64. The summed E-state index contributed by atoms with van der Waals surface area (Å²) < 4.78 is 10.2. The van der Waals surface area contributed by atoms with Crippen molar-refractivity contribution in [3.05, 3.63) is 52.3 Å². The predicted molar refractivity (Wildman–Crippen MR) is 91.3 cm³/mol. The average molecular weight is 344 g/mol. The summed E-state index contributed by atoms with van der Waals surface area (Å²) in [5, 5.41) is 2.52. The molecule has 7 nitrogen and oxygen atoms in total. The van der Waals surface area contributed by atoms with Crippen molar-refractivity contribution in [3.63, 3.8) is 0 Å². The zero-order valence-electron chi connectivity index (χ0n) is 14.6. The second kappa shape index (κ2) is 7.65. The van der Waals surface area contributed by atoms with Crippen LogP contribution in [0.2, 0.25) is 0 Å². The molecule has 2 rings (SSSR count). The van der Waals surface area contributed by atoms with Gasteiger partial charge in [0.1, 0.15) is 5.75 Å². The van der Waals surface area contributed by atoms with Gasteiger partial charge >= 0.3 is 5.97 Å². The third-order valence-electron chi connectivity index (χ3n) is 3.82. The SMILES string of the molecule is CNC(=O)c1ccc(OCC(=O)c2[nH]c(C)c(C(=O)OC)c2C)cc1. The van der Waals surface area contributed by atoms with Crippen LogP contribution in [0.15, 0.2) is 24.3 Å². The average Bonchev–Trinajstić information content (AvgIpc) is 2.93.